The molecule has 0 aliphatic carbocycles. The Morgan fingerprint density at radius 1 is 0.344 bits per heavy atom. The molecule has 2 nitrogen and oxygen atoms in total. The molecular weight excluding hydrogens is 388 g/mol. The maximum Gasteiger partial charge on any atom is 0.0709 e. The highest BCUT2D eigenvalue weighted by Crippen LogP contribution is 2.30. The fourth-order valence-electron chi connectivity index (χ4n) is 4.17. The van der Waals surface area contributed by atoms with Gasteiger partial charge in [0.05, 0.1) is 22.4 Å². The summed E-state index contributed by atoms with van der Waals surface area (Å²) in [7, 11) is 0. The van der Waals surface area contributed by atoms with Gasteiger partial charge < -0.3 is 0 Å². The summed E-state index contributed by atoms with van der Waals surface area (Å²) in [6.45, 7) is 0. The van der Waals surface area contributed by atoms with Crippen LogP contribution in [0.4, 0.5) is 0 Å². The average molecular weight is 409 g/mol. The molecule has 0 amide bonds. The van der Waals surface area contributed by atoms with E-state index < -0.39 is 0 Å². The molecule has 0 N–H and O–H groups in total. The van der Waals surface area contributed by atoms with Crippen molar-refractivity contribution in [3.63, 3.8) is 0 Å². The average Bonchev–Trinajstić information content (AvgIpc) is 2.88. The van der Waals surface area contributed by atoms with Crippen molar-refractivity contribution in [3.8, 4) is 33.6 Å². The van der Waals surface area contributed by atoms with Gasteiger partial charge in [-0.15, -0.1) is 0 Å². The van der Waals surface area contributed by atoms with E-state index >= 15 is 0 Å². The van der Waals surface area contributed by atoms with E-state index in [2.05, 4.69) is 97.1 Å². The maximum absolute atomic E-state index is 4.86. The smallest absolute Gasteiger partial charge is 0.0709 e. The Morgan fingerprint density at radius 2 is 0.781 bits per heavy atom. The molecule has 0 aliphatic heterocycles. The summed E-state index contributed by atoms with van der Waals surface area (Å²) in [4.78, 5) is 9.73. The summed E-state index contributed by atoms with van der Waals surface area (Å²) in [5.74, 6) is 0. The summed E-state index contributed by atoms with van der Waals surface area (Å²) in [5.41, 5.74) is 8.56. The van der Waals surface area contributed by atoms with Crippen LogP contribution in [0, 0.1) is 0 Å². The molecule has 0 aliphatic rings. The summed E-state index contributed by atoms with van der Waals surface area (Å²) in [5, 5.41) is 2.31. The lowest BCUT2D eigenvalue weighted by Gasteiger charge is -2.09. The number of hydrogen-bond donors (Lipinski definition) is 0. The van der Waals surface area contributed by atoms with Crippen LogP contribution in [0.3, 0.4) is 0 Å². The first-order chi connectivity index (χ1) is 15.8. The molecule has 2 heterocycles. The van der Waals surface area contributed by atoms with Gasteiger partial charge in [0, 0.05) is 21.9 Å². The van der Waals surface area contributed by atoms with Crippen molar-refractivity contribution in [3.05, 3.63) is 121 Å². The molecule has 0 saturated heterocycles. The van der Waals surface area contributed by atoms with Crippen molar-refractivity contribution >= 4 is 21.8 Å². The van der Waals surface area contributed by atoms with Gasteiger partial charge in [-0.25, -0.2) is 9.97 Å². The predicted octanol–water partition coefficient (Wildman–Crippen LogP) is 7.78. The lowest BCUT2D eigenvalue weighted by atomic mass is 9.98. The van der Waals surface area contributed by atoms with Crippen LogP contribution in [0.5, 0.6) is 0 Å². The summed E-state index contributed by atoms with van der Waals surface area (Å²) in [6.07, 6.45) is 0. The van der Waals surface area contributed by atoms with Crippen LogP contribution in [0.15, 0.2) is 121 Å². The number of hydrogen-bond acceptors (Lipinski definition) is 2. The van der Waals surface area contributed by atoms with Crippen LogP contribution in [0.1, 0.15) is 0 Å². The van der Waals surface area contributed by atoms with Gasteiger partial charge in [0.1, 0.15) is 0 Å². The number of rotatable bonds is 3. The van der Waals surface area contributed by atoms with E-state index in [-0.39, 0.29) is 0 Å². The highest BCUT2D eigenvalue weighted by molar-refractivity contribution is 5.84. The number of fused-ring (bicyclic) bond motifs is 2. The third-order valence-electron chi connectivity index (χ3n) is 5.85. The third-order valence-corrected chi connectivity index (χ3v) is 5.85. The SMILES string of the molecule is c1cc(-c2cccc(-c3ccc4ccccc4n3)c2)cc(-c2ccc3ccccc3n2)c1. The van der Waals surface area contributed by atoms with Crippen LogP contribution in [-0.2, 0) is 0 Å². The second-order valence-corrected chi connectivity index (χ2v) is 7.94. The van der Waals surface area contributed by atoms with Gasteiger partial charge in [-0.2, -0.15) is 0 Å². The van der Waals surface area contributed by atoms with Gasteiger partial charge in [0.15, 0.2) is 0 Å². The molecule has 0 bridgehead atoms. The van der Waals surface area contributed by atoms with Crippen LogP contribution in [0.2, 0.25) is 0 Å². The summed E-state index contributed by atoms with van der Waals surface area (Å²) in [6, 6.07) is 42.1. The van der Waals surface area contributed by atoms with Crippen molar-refractivity contribution in [2.45, 2.75) is 0 Å². The molecule has 32 heavy (non-hydrogen) atoms. The van der Waals surface area contributed by atoms with E-state index in [1.165, 1.54) is 11.1 Å². The van der Waals surface area contributed by atoms with Gasteiger partial charge in [-0.1, -0.05) is 84.9 Å². The monoisotopic (exact) mass is 408 g/mol. The number of benzene rings is 4. The number of para-hydroxylation sites is 2. The van der Waals surface area contributed by atoms with E-state index in [9.17, 15) is 0 Å². The molecule has 2 heteroatoms. The molecule has 0 fully saturated rings. The zero-order chi connectivity index (χ0) is 21.3. The zero-order valence-corrected chi connectivity index (χ0v) is 17.4. The molecule has 6 aromatic rings. The molecule has 6 rings (SSSR count). The second-order valence-electron chi connectivity index (χ2n) is 7.94. The predicted molar refractivity (Wildman–Crippen MR) is 133 cm³/mol. The molecule has 4 aromatic carbocycles. The van der Waals surface area contributed by atoms with E-state index in [1.807, 2.05) is 24.3 Å². The Hall–Kier alpha value is -4.30. The molecule has 150 valence electrons. The summed E-state index contributed by atoms with van der Waals surface area (Å²) < 4.78 is 0. The Labute approximate surface area is 186 Å². The van der Waals surface area contributed by atoms with E-state index in [4.69, 9.17) is 9.97 Å². The quantitative estimate of drug-likeness (QED) is 0.299. The first-order valence-corrected chi connectivity index (χ1v) is 10.8. The minimum atomic E-state index is 0.984. The van der Waals surface area contributed by atoms with E-state index in [0.717, 1.165) is 44.3 Å². The van der Waals surface area contributed by atoms with Crippen molar-refractivity contribution < 1.29 is 0 Å². The molecular formula is C30H20N2. The molecule has 0 radical (unpaired) electrons. The van der Waals surface area contributed by atoms with Gasteiger partial charge in [0.25, 0.3) is 0 Å². The first-order valence-electron chi connectivity index (χ1n) is 10.8. The van der Waals surface area contributed by atoms with Crippen LogP contribution >= 0.6 is 0 Å². The topological polar surface area (TPSA) is 25.8 Å². The van der Waals surface area contributed by atoms with E-state index in [1.54, 1.807) is 0 Å². The molecule has 2 aromatic heterocycles. The standard InChI is InChI=1S/C30H20N2/c1-3-13-27-21(7-1)15-17-29(31-27)25-11-5-9-23(19-25)24-10-6-12-26(20-24)30-18-16-22-8-2-4-14-28(22)32-30/h1-20H. The maximum atomic E-state index is 4.86. The largest absolute Gasteiger partial charge is 0.248 e. The minimum absolute atomic E-state index is 0.984. The highest BCUT2D eigenvalue weighted by atomic mass is 14.7. The third kappa shape index (κ3) is 3.42. The van der Waals surface area contributed by atoms with Gasteiger partial charge in [0.2, 0.25) is 0 Å². The van der Waals surface area contributed by atoms with E-state index in [0.29, 0.717) is 0 Å². The van der Waals surface area contributed by atoms with Crippen molar-refractivity contribution in [2.75, 3.05) is 0 Å². The van der Waals surface area contributed by atoms with Crippen molar-refractivity contribution in [1.29, 1.82) is 0 Å². The fraction of sp³-hybridized carbons (Fsp3) is 0. The highest BCUT2D eigenvalue weighted by Gasteiger charge is 2.07. The van der Waals surface area contributed by atoms with Crippen molar-refractivity contribution in [1.82, 2.24) is 9.97 Å². The molecule has 0 atom stereocenters. The molecule has 0 saturated carbocycles. The summed E-state index contributed by atoms with van der Waals surface area (Å²) >= 11 is 0. The van der Waals surface area contributed by atoms with Crippen LogP contribution in [-0.4, -0.2) is 9.97 Å². The second kappa shape index (κ2) is 7.75. The zero-order valence-electron chi connectivity index (χ0n) is 17.4. The van der Waals surface area contributed by atoms with Crippen LogP contribution < -0.4 is 0 Å². The lowest BCUT2D eigenvalue weighted by Crippen LogP contribution is -1.88. The first kappa shape index (κ1) is 18.5. The normalized spacial score (nSPS) is 11.1. The van der Waals surface area contributed by atoms with Gasteiger partial charge in [-0.3, -0.25) is 0 Å². The Balaban J connectivity index is 1.39. The number of pyridine rings is 2. The molecule has 0 unspecified atom stereocenters. The number of nitrogens with zero attached hydrogens (tertiary/aromatic N) is 2. The van der Waals surface area contributed by atoms with Crippen LogP contribution in [0.25, 0.3) is 55.4 Å². The van der Waals surface area contributed by atoms with Gasteiger partial charge >= 0.3 is 0 Å². The minimum Gasteiger partial charge on any atom is -0.248 e. The number of aromatic nitrogens is 2. The Morgan fingerprint density at radius 3 is 1.28 bits per heavy atom. The Bertz CT molecular complexity index is 1460. The fourth-order valence-corrected chi connectivity index (χ4v) is 4.17. The van der Waals surface area contributed by atoms with Gasteiger partial charge in [-0.05, 0) is 47.5 Å². The lowest BCUT2D eigenvalue weighted by molar-refractivity contribution is 1.39. The van der Waals surface area contributed by atoms with Crippen molar-refractivity contribution in [2.24, 2.45) is 0 Å². The molecule has 0 spiro atoms. The Kier molecular flexibility index (Phi) is 4.47.